The van der Waals surface area contributed by atoms with Crippen molar-refractivity contribution >= 4 is 15.6 Å². The number of hydrogen-bond acceptors (Lipinski definition) is 8. The standard InChI is InChI=1S/C10H24O8P2/c1-13-19(11,14-2)17-9-7-5-6-8-10-18-20(12,15-3)16-4/h5-10H2,1-4H3. The largest absolute Gasteiger partial charge is 0.474 e. The van der Waals surface area contributed by atoms with E-state index in [2.05, 4.69) is 18.1 Å². The molecule has 0 amide bonds. The van der Waals surface area contributed by atoms with Crippen molar-refractivity contribution < 1.29 is 36.3 Å². The van der Waals surface area contributed by atoms with Gasteiger partial charge in [0.15, 0.2) is 0 Å². The summed E-state index contributed by atoms with van der Waals surface area (Å²) in [5.41, 5.74) is 0. The molecule has 0 aliphatic heterocycles. The molecule has 0 unspecified atom stereocenters. The summed E-state index contributed by atoms with van der Waals surface area (Å²) in [6.07, 6.45) is 3.12. The molecule has 0 saturated heterocycles. The number of rotatable bonds is 13. The molecular formula is C10H24O8P2. The van der Waals surface area contributed by atoms with Crippen LogP contribution >= 0.6 is 15.6 Å². The van der Waals surface area contributed by atoms with Gasteiger partial charge in [-0.1, -0.05) is 12.8 Å². The lowest BCUT2D eigenvalue weighted by Crippen LogP contribution is -1.99. The predicted octanol–water partition coefficient (Wildman–Crippen LogP) is 3.38. The van der Waals surface area contributed by atoms with Crippen LogP contribution in [-0.4, -0.2) is 41.7 Å². The second kappa shape index (κ2) is 10.9. The van der Waals surface area contributed by atoms with Crippen LogP contribution in [0, 0.1) is 0 Å². The second-order valence-electron chi connectivity index (χ2n) is 3.71. The van der Waals surface area contributed by atoms with E-state index in [4.69, 9.17) is 9.05 Å². The van der Waals surface area contributed by atoms with Gasteiger partial charge in [0.1, 0.15) is 0 Å². The average molecular weight is 334 g/mol. The molecule has 10 heteroatoms. The minimum absolute atomic E-state index is 0.286. The Balaban J connectivity index is 3.55. The van der Waals surface area contributed by atoms with Crippen LogP contribution in [0.5, 0.6) is 0 Å². The average Bonchev–Trinajstić information content (AvgIpc) is 2.49. The van der Waals surface area contributed by atoms with Gasteiger partial charge < -0.3 is 0 Å². The molecule has 0 fully saturated rings. The Morgan fingerprint density at radius 3 is 1.15 bits per heavy atom. The van der Waals surface area contributed by atoms with Crippen molar-refractivity contribution in [1.29, 1.82) is 0 Å². The highest BCUT2D eigenvalue weighted by atomic mass is 31.2. The molecule has 0 radical (unpaired) electrons. The highest BCUT2D eigenvalue weighted by Crippen LogP contribution is 2.48. The Bertz CT molecular complexity index is 287. The maximum Gasteiger partial charge on any atom is 0.474 e. The molecular weight excluding hydrogens is 310 g/mol. The first-order chi connectivity index (χ1) is 9.45. The van der Waals surface area contributed by atoms with Gasteiger partial charge in [-0.2, -0.15) is 0 Å². The quantitative estimate of drug-likeness (QED) is 0.374. The van der Waals surface area contributed by atoms with Gasteiger partial charge in [-0.25, -0.2) is 9.13 Å². The van der Waals surface area contributed by atoms with E-state index in [0.29, 0.717) is 12.8 Å². The Morgan fingerprint density at radius 1 is 0.600 bits per heavy atom. The van der Waals surface area contributed by atoms with Crippen LogP contribution in [0.3, 0.4) is 0 Å². The third kappa shape index (κ3) is 8.49. The summed E-state index contributed by atoms with van der Waals surface area (Å²) >= 11 is 0. The van der Waals surface area contributed by atoms with Crippen LogP contribution in [0.2, 0.25) is 0 Å². The number of unbranched alkanes of at least 4 members (excludes halogenated alkanes) is 3. The van der Waals surface area contributed by atoms with Crippen molar-refractivity contribution in [1.82, 2.24) is 0 Å². The molecule has 0 saturated carbocycles. The van der Waals surface area contributed by atoms with Gasteiger partial charge in [-0.3, -0.25) is 27.1 Å². The Morgan fingerprint density at radius 2 is 0.900 bits per heavy atom. The van der Waals surface area contributed by atoms with E-state index in [1.165, 1.54) is 28.4 Å². The fraction of sp³-hybridized carbons (Fsp3) is 1.00. The first kappa shape index (κ1) is 20.2. The van der Waals surface area contributed by atoms with Crippen LogP contribution in [0.25, 0.3) is 0 Å². The molecule has 0 aromatic rings. The molecule has 0 spiro atoms. The molecule has 20 heavy (non-hydrogen) atoms. The normalized spacial score (nSPS) is 12.8. The lowest BCUT2D eigenvalue weighted by molar-refractivity contribution is 0.144. The van der Waals surface area contributed by atoms with E-state index < -0.39 is 15.6 Å². The van der Waals surface area contributed by atoms with Crippen LogP contribution in [0.1, 0.15) is 25.7 Å². The van der Waals surface area contributed by atoms with E-state index in [1.807, 2.05) is 0 Å². The molecule has 0 bridgehead atoms. The van der Waals surface area contributed by atoms with Gasteiger partial charge in [0.25, 0.3) is 0 Å². The SMILES string of the molecule is COP(=O)(OC)OCCCCCCOP(=O)(OC)OC. The zero-order valence-electron chi connectivity index (χ0n) is 12.4. The summed E-state index contributed by atoms with van der Waals surface area (Å²) in [5, 5.41) is 0. The van der Waals surface area contributed by atoms with E-state index in [-0.39, 0.29) is 13.2 Å². The fourth-order valence-corrected chi connectivity index (χ4v) is 2.70. The van der Waals surface area contributed by atoms with E-state index >= 15 is 0 Å². The van der Waals surface area contributed by atoms with Gasteiger partial charge in [0.05, 0.1) is 13.2 Å². The Hall–Kier alpha value is 0.220. The van der Waals surface area contributed by atoms with Crippen molar-refractivity contribution in [2.75, 3.05) is 41.7 Å². The van der Waals surface area contributed by atoms with Gasteiger partial charge in [0.2, 0.25) is 0 Å². The maximum atomic E-state index is 11.5. The summed E-state index contributed by atoms with van der Waals surface area (Å²) in [6.45, 7) is 0.572. The van der Waals surface area contributed by atoms with Crippen molar-refractivity contribution in [2.24, 2.45) is 0 Å². The number of phosphoric acid groups is 2. The summed E-state index contributed by atoms with van der Waals surface area (Å²) in [5.74, 6) is 0. The zero-order valence-corrected chi connectivity index (χ0v) is 14.2. The first-order valence-corrected chi connectivity index (χ1v) is 9.09. The summed E-state index contributed by atoms with van der Waals surface area (Å²) in [7, 11) is -1.66. The van der Waals surface area contributed by atoms with Crippen molar-refractivity contribution in [3.05, 3.63) is 0 Å². The van der Waals surface area contributed by atoms with E-state index in [1.54, 1.807) is 0 Å². The fourth-order valence-electron chi connectivity index (χ4n) is 1.27. The van der Waals surface area contributed by atoms with E-state index in [0.717, 1.165) is 12.8 Å². The Kier molecular flexibility index (Phi) is 11.0. The third-order valence-corrected chi connectivity index (χ3v) is 5.22. The number of phosphoric ester groups is 2. The molecule has 8 nitrogen and oxygen atoms in total. The third-order valence-electron chi connectivity index (χ3n) is 2.43. The summed E-state index contributed by atoms with van der Waals surface area (Å²) in [6, 6.07) is 0. The zero-order chi connectivity index (χ0) is 15.5. The van der Waals surface area contributed by atoms with Crippen LogP contribution in [0.4, 0.5) is 0 Å². The van der Waals surface area contributed by atoms with Gasteiger partial charge in [0, 0.05) is 28.4 Å². The van der Waals surface area contributed by atoms with Crippen molar-refractivity contribution in [3.63, 3.8) is 0 Å². The summed E-state index contributed by atoms with van der Waals surface area (Å²) < 4.78 is 51.6. The summed E-state index contributed by atoms with van der Waals surface area (Å²) in [4.78, 5) is 0. The van der Waals surface area contributed by atoms with Crippen molar-refractivity contribution in [2.45, 2.75) is 25.7 Å². The molecule has 122 valence electrons. The van der Waals surface area contributed by atoms with Crippen LogP contribution in [0.15, 0.2) is 0 Å². The van der Waals surface area contributed by atoms with E-state index in [9.17, 15) is 9.13 Å². The van der Waals surface area contributed by atoms with Crippen molar-refractivity contribution in [3.8, 4) is 0 Å². The molecule has 0 aliphatic rings. The van der Waals surface area contributed by atoms with Gasteiger partial charge in [-0.05, 0) is 12.8 Å². The first-order valence-electron chi connectivity index (χ1n) is 6.17. The highest BCUT2D eigenvalue weighted by molar-refractivity contribution is 7.48. The molecule has 0 heterocycles. The second-order valence-corrected chi connectivity index (χ2v) is 7.47. The molecule has 0 N–H and O–H groups in total. The predicted molar refractivity (Wildman–Crippen MR) is 73.6 cm³/mol. The minimum atomic E-state index is -3.37. The minimum Gasteiger partial charge on any atom is -0.290 e. The lowest BCUT2D eigenvalue weighted by Gasteiger charge is -2.13. The highest BCUT2D eigenvalue weighted by Gasteiger charge is 2.22. The van der Waals surface area contributed by atoms with Gasteiger partial charge >= 0.3 is 15.6 Å². The monoisotopic (exact) mass is 334 g/mol. The molecule has 0 aromatic heterocycles. The molecule has 0 rings (SSSR count). The molecule has 0 atom stereocenters. The number of hydrogen-bond donors (Lipinski definition) is 0. The lowest BCUT2D eigenvalue weighted by atomic mass is 10.2. The smallest absolute Gasteiger partial charge is 0.290 e. The Labute approximate surface area is 120 Å². The molecule has 0 aliphatic carbocycles. The molecule has 0 aromatic carbocycles. The van der Waals surface area contributed by atoms with Crippen LogP contribution < -0.4 is 0 Å². The topological polar surface area (TPSA) is 89.5 Å². The van der Waals surface area contributed by atoms with Gasteiger partial charge in [-0.15, -0.1) is 0 Å². The maximum absolute atomic E-state index is 11.5. The van der Waals surface area contributed by atoms with Crippen LogP contribution in [-0.2, 0) is 36.3 Å².